The fourth-order valence-corrected chi connectivity index (χ4v) is 4.50. The van der Waals surface area contributed by atoms with E-state index in [-0.39, 0.29) is 11.8 Å². The van der Waals surface area contributed by atoms with Crippen molar-refractivity contribution in [3.05, 3.63) is 40.6 Å². The van der Waals surface area contributed by atoms with Gasteiger partial charge in [0.15, 0.2) is 0 Å². The van der Waals surface area contributed by atoms with Crippen LogP contribution in [0.1, 0.15) is 18.7 Å². The quantitative estimate of drug-likeness (QED) is 0.559. The topological polar surface area (TPSA) is 89.7 Å². The number of thiophene rings is 1. The fourth-order valence-electron chi connectivity index (χ4n) is 3.62. The Labute approximate surface area is 189 Å². The van der Waals surface area contributed by atoms with Gasteiger partial charge in [0.05, 0.1) is 42.3 Å². The molecule has 1 unspecified atom stereocenters. The highest BCUT2D eigenvalue weighted by atomic mass is 35.5. The second kappa shape index (κ2) is 9.67. The summed E-state index contributed by atoms with van der Waals surface area (Å²) in [5.74, 6) is 1.87. The molecule has 1 amide bonds. The molecule has 1 saturated heterocycles. The number of ether oxygens (including phenoxy) is 2. The Balaban J connectivity index is 1.40. The molecule has 31 heavy (non-hydrogen) atoms. The van der Waals surface area contributed by atoms with Crippen LogP contribution >= 0.6 is 22.9 Å². The molecule has 1 aliphatic heterocycles. The molecule has 2 aromatic heterocycles. The number of anilines is 1. The van der Waals surface area contributed by atoms with E-state index in [1.54, 1.807) is 23.5 Å². The maximum atomic E-state index is 13.0. The number of hydrogen-bond donors (Lipinski definition) is 1. The molecule has 3 heterocycles. The average molecular weight is 463 g/mol. The summed E-state index contributed by atoms with van der Waals surface area (Å²) in [6.07, 6.45) is 1.71. The first kappa shape index (κ1) is 21.6. The number of carbonyl (C=O) groups excluding carboxylic acids is 1. The molecular formula is C21H23ClN4O4S. The van der Waals surface area contributed by atoms with Crippen molar-refractivity contribution in [3.8, 4) is 22.2 Å². The summed E-state index contributed by atoms with van der Waals surface area (Å²) in [6.45, 7) is 1.99. The summed E-state index contributed by atoms with van der Waals surface area (Å²) < 4.78 is 16.0. The molecule has 0 spiro atoms. The lowest BCUT2D eigenvalue weighted by atomic mass is 9.97. The first-order chi connectivity index (χ1) is 15.1. The maximum absolute atomic E-state index is 13.0. The van der Waals surface area contributed by atoms with Crippen LogP contribution in [0.4, 0.5) is 5.69 Å². The van der Waals surface area contributed by atoms with Gasteiger partial charge in [-0.15, -0.1) is 11.3 Å². The van der Waals surface area contributed by atoms with Gasteiger partial charge in [0.25, 0.3) is 0 Å². The Kier molecular flexibility index (Phi) is 6.74. The number of halogens is 1. The van der Waals surface area contributed by atoms with E-state index >= 15 is 0 Å². The largest absolute Gasteiger partial charge is 0.495 e. The number of nitrogens with one attached hydrogen (secondary N) is 1. The monoisotopic (exact) mass is 462 g/mol. The number of carbonyl (C=O) groups is 1. The third-order valence-corrected chi connectivity index (χ3v) is 6.34. The van der Waals surface area contributed by atoms with Gasteiger partial charge in [-0.2, -0.15) is 4.98 Å². The number of amides is 1. The Morgan fingerprint density at radius 2 is 2.19 bits per heavy atom. The Morgan fingerprint density at radius 1 is 1.35 bits per heavy atom. The summed E-state index contributed by atoms with van der Waals surface area (Å²) >= 11 is 7.72. The van der Waals surface area contributed by atoms with Crippen LogP contribution in [0.25, 0.3) is 10.7 Å². The Hall–Kier alpha value is -2.62. The van der Waals surface area contributed by atoms with Gasteiger partial charge >= 0.3 is 0 Å². The first-order valence-corrected chi connectivity index (χ1v) is 11.1. The van der Waals surface area contributed by atoms with Gasteiger partial charge in [-0.25, -0.2) is 0 Å². The van der Waals surface area contributed by atoms with Crippen LogP contribution in [0.15, 0.2) is 34.2 Å². The van der Waals surface area contributed by atoms with E-state index in [1.165, 1.54) is 14.2 Å². The second-order valence-corrected chi connectivity index (χ2v) is 8.59. The third-order valence-electron chi connectivity index (χ3n) is 5.18. The lowest BCUT2D eigenvalue weighted by molar-refractivity contribution is -0.121. The molecule has 1 N–H and O–H groups in total. The van der Waals surface area contributed by atoms with Gasteiger partial charge in [0.2, 0.25) is 17.6 Å². The first-order valence-electron chi connectivity index (χ1n) is 9.88. The van der Waals surface area contributed by atoms with E-state index < -0.39 is 0 Å². The standard InChI is InChI=1S/C21H23ClN4O4S/c1-28-16-10-15(17(29-2)9-14(16)22)23-21(27)13-5-3-7-26(11-13)12-19-24-20(25-30-19)18-6-4-8-31-18/h4,6,8-10,13H,3,5,7,11-12H2,1-2H3,(H,23,27). The number of methoxy groups -OCH3 is 2. The molecule has 0 radical (unpaired) electrons. The fraction of sp³-hybridized carbons (Fsp3) is 0.381. The molecule has 1 aromatic carbocycles. The molecule has 3 aromatic rings. The molecule has 0 saturated carbocycles. The lowest BCUT2D eigenvalue weighted by Crippen LogP contribution is -2.40. The second-order valence-electron chi connectivity index (χ2n) is 7.24. The predicted octanol–water partition coefficient (Wildman–Crippen LogP) is 4.32. The Morgan fingerprint density at radius 3 is 2.94 bits per heavy atom. The van der Waals surface area contributed by atoms with Crippen LogP contribution in [0, 0.1) is 5.92 Å². The van der Waals surface area contributed by atoms with Crippen LogP contribution in [-0.4, -0.2) is 48.3 Å². The molecule has 164 valence electrons. The van der Waals surface area contributed by atoms with E-state index in [0.29, 0.717) is 47.0 Å². The zero-order valence-corrected chi connectivity index (χ0v) is 18.8. The van der Waals surface area contributed by atoms with E-state index in [0.717, 1.165) is 24.3 Å². The molecule has 1 atom stereocenters. The van der Waals surface area contributed by atoms with Crippen molar-refractivity contribution in [1.29, 1.82) is 0 Å². The molecule has 1 aliphatic rings. The lowest BCUT2D eigenvalue weighted by Gasteiger charge is -2.31. The zero-order chi connectivity index (χ0) is 21.8. The van der Waals surface area contributed by atoms with Crippen LogP contribution in [0.5, 0.6) is 11.5 Å². The third kappa shape index (κ3) is 5.00. The molecule has 0 aliphatic carbocycles. The van der Waals surface area contributed by atoms with Gasteiger partial charge in [-0.1, -0.05) is 22.8 Å². The maximum Gasteiger partial charge on any atom is 0.241 e. The summed E-state index contributed by atoms with van der Waals surface area (Å²) in [6, 6.07) is 7.21. The molecule has 10 heteroatoms. The average Bonchev–Trinajstić information content (AvgIpc) is 3.47. The summed E-state index contributed by atoms with van der Waals surface area (Å²) in [7, 11) is 3.06. The van der Waals surface area contributed by atoms with Crippen molar-refractivity contribution in [2.75, 3.05) is 32.6 Å². The summed E-state index contributed by atoms with van der Waals surface area (Å²) in [5.41, 5.74) is 0.531. The van der Waals surface area contributed by atoms with Gasteiger partial charge in [-0.05, 0) is 30.8 Å². The van der Waals surface area contributed by atoms with Crippen molar-refractivity contribution in [1.82, 2.24) is 15.0 Å². The highest BCUT2D eigenvalue weighted by molar-refractivity contribution is 7.13. The molecule has 4 rings (SSSR count). The molecule has 8 nitrogen and oxygen atoms in total. The van der Waals surface area contributed by atoms with Crippen LogP contribution in [0.2, 0.25) is 5.02 Å². The van der Waals surface area contributed by atoms with E-state index in [4.69, 9.17) is 25.6 Å². The van der Waals surface area contributed by atoms with E-state index in [9.17, 15) is 4.79 Å². The van der Waals surface area contributed by atoms with Crippen LogP contribution in [-0.2, 0) is 11.3 Å². The van der Waals surface area contributed by atoms with Gasteiger partial charge in [0, 0.05) is 18.7 Å². The van der Waals surface area contributed by atoms with Crippen molar-refractivity contribution >= 4 is 34.5 Å². The number of nitrogens with zero attached hydrogens (tertiary/aromatic N) is 3. The Bertz CT molecular complexity index is 1040. The van der Waals surface area contributed by atoms with Crippen LogP contribution in [0.3, 0.4) is 0 Å². The van der Waals surface area contributed by atoms with Crippen molar-refractivity contribution in [3.63, 3.8) is 0 Å². The highest BCUT2D eigenvalue weighted by Crippen LogP contribution is 2.36. The van der Waals surface area contributed by atoms with Gasteiger partial charge in [-0.3, -0.25) is 9.69 Å². The highest BCUT2D eigenvalue weighted by Gasteiger charge is 2.28. The number of rotatable bonds is 7. The molecular weight excluding hydrogens is 440 g/mol. The summed E-state index contributed by atoms with van der Waals surface area (Å²) in [4.78, 5) is 20.6. The SMILES string of the molecule is COc1cc(NC(=O)C2CCCN(Cc3nc(-c4cccs4)no3)C2)c(OC)cc1Cl. The minimum Gasteiger partial charge on any atom is -0.495 e. The van der Waals surface area contributed by atoms with Crippen molar-refractivity contribution < 1.29 is 18.8 Å². The van der Waals surface area contributed by atoms with Gasteiger partial charge < -0.3 is 19.3 Å². The van der Waals surface area contributed by atoms with E-state index in [2.05, 4.69) is 20.4 Å². The van der Waals surface area contributed by atoms with Crippen molar-refractivity contribution in [2.45, 2.75) is 19.4 Å². The number of likely N-dealkylation sites (tertiary alicyclic amines) is 1. The normalized spacial score (nSPS) is 16.8. The zero-order valence-electron chi connectivity index (χ0n) is 17.3. The molecule has 0 bridgehead atoms. The van der Waals surface area contributed by atoms with Gasteiger partial charge in [0.1, 0.15) is 11.5 Å². The van der Waals surface area contributed by atoms with E-state index in [1.807, 2.05) is 17.5 Å². The number of benzene rings is 1. The molecule has 1 fully saturated rings. The number of hydrogen-bond acceptors (Lipinski definition) is 8. The van der Waals surface area contributed by atoms with Crippen LogP contribution < -0.4 is 14.8 Å². The smallest absolute Gasteiger partial charge is 0.241 e. The summed E-state index contributed by atoms with van der Waals surface area (Å²) in [5, 5.41) is 9.42. The number of piperidine rings is 1. The predicted molar refractivity (Wildman–Crippen MR) is 119 cm³/mol. The number of aromatic nitrogens is 2. The minimum atomic E-state index is -0.167. The van der Waals surface area contributed by atoms with Crippen molar-refractivity contribution in [2.24, 2.45) is 5.92 Å². The minimum absolute atomic E-state index is 0.0721.